The largest absolute Gasteiger partial charge is 0.342 e. The average Bonchev–Trinajstić information content (AvgIpc) is 3.04. The predicted molar refractivity (Wildman–Crippen MR) is 83.5 cm³/mol. The normalized spacial score (nSPS) is 17.4. The molecule has 1 saturated heterocycles. The molecule has 0 saturated carbocycles. The Bertz CT molecular complexity index is 739. The van der Waals surface area contributed by atoms with Crippen molar-refractivity contribution in [2.24, 2.45) is 0 Å². The number of hydrogen-bond donors (Lipinski definition) is 1. The summed E-state index contributed by atoms with van der Waals surface area (Å²) in [6, 6.07) is 9.77. The molecule has 1 aromatic carbocycles. The first-order chi connectivity index (χ1) is 11.1. The fourth-order valence-electron chi connectivity index (χ4n) is 2.95. The first kappa shape index (κ1) is 15.4. The average molecular weight is 315 g/mol. The number of aromatic amines is 1. The Morgan fingerprint density at radius 1 is 1.30 bits per heavy atom. The quantitative estimate of drug-likeness (QED) is 0.936. The smallest absolute Gasteiger partial charge is 0.264 e. The van der Waals surface area contributed by atoms with Crippen molar-refractivity contribution < 1.29 is 9.18 Å². The number of rotatable bonds is 4. The molecule has 1 aliphatic heterocycles. The molecule has 0 spiro atoms. The molecule has 2 heterocycles. The molecule has 1 N–H and O–H groups in total. The third-order valence-electron chi connectivity index (χ3n) is 4.22. The second-order valence-corrected chi connectivity index (χ2v) is 5.76. The Kier molecular flexibility index (Phi) is 4.50. The maximum Gasteiger partial charge on any atom is 0.264 e. The van der Waals surface area contributed by atoms with Crippen LogP contribution in [-0.4, -0.2) is 34.1 Å². The lowest BCUT2D eigenvalue weighted by molar-refractivity contribution is -0.130. The molecule has 6 heteroatoms. The zero-order valence-corrected chi connectivity index (χ0v) is 12.7. The number of carbonyl (C=O) groups excluding carboxylic acids is 1. The van der Waals surface area contributed by atoms with Gasteiger partial charge in [0.25, 0.3) is 5.56 Å². The lowest BCUT2D eigenvalue weighted by Gasteiger charge is -2.17. The van der Waals surface area contributed by atoms with Crippen molar-refractivity contribution in [3.05, 3.63) is 63.8 Å². The minimum absolute atomic E-state index is 0.0387. The van der Waals surface area contributed by atoms with E-state index in [1.54, 1.807) is 23.1 Å². The summed E-state index contributed by atoms with van der Waals surface area (Å²) < 4.78 is 13.8. The van der Waals surface area contributed by atoms with Crippen LogP contribution in [0.3, 0.4) is 0 Å². The highest BCUT2D eigenvalue weighted by molar-refractivity contribution is 5.76. The molecule has 3 rings (SSSR count). The van der Waals surface area contributed by atoms with Crippen molar-refractivity contribution in [2.45, 2.75) is 25.2 Å². The number of amides is 1. The van der Waals surface area contributed by atoms with Crippen LogP contribution < -0.4 is 5.56 Å². The fraction of sp³-hybridized carbons (Fsp3) is 0.353. The molecule has 0 radical (unpaired) electrons. The summed E-state index contributed by atoms with van der Waals surface area (Å²) in [7, 11) is 0. The van der Waals surface area contributed by atoms with Crippen LogP contribution in [-0.2, 0) is 11.2 Å². The SMILES string of the molecule is O=C(CCc1ccc(=O)[nH]n1)N1CCC(c2ccccc2F)C1. The van der Waals surface area contributed by atoms with Crippen LogP contribution >= 0.6 is 0 Å². The first-order valence-electron chi connectivity index (χ1n) is 7.70. The van der Waals surface area contributed by atoms with Crippen molar-refractivity contribution in [3.8, 4) is 0 Å². The van der Waals surface area contributed by atoms with Crippen molar-refractivity contribution in [1.29, 1.82) is 0 Å². The van der Waals surface area contributed by atoms with Gasteiger partial charge in [-0.15, -0.1) is 0 Å². The number of halogens is 1. The van der Waals surface area contributed by atoms with E-state index >= 15 is 0 Å². The van der Waals surface area contributed by atoms with E-state index in [0.717, 1.165) is 6.42 Å². The van der Waals surface area contributed by atoms with E-state index in [4.69, 9.17) is 0 Å². The lowest BCUT2D eigenvalue weighted by Crippen LogP contribution is -2.28. The number of H-pyrrole nitrogens is 1. The Hall–Kier alpha value is -2.50. The molecule has 0 aliphatic carbocycles. The van der Waals surface area contributed by atoms with Crippen molar-refractivity contribution in [2.75, 3.05) is 13.1 Å². The van der Waals surface area contributed by atoms with Gasteiger partial charge in [-0.1, -0.05) is 18.2 Å². The molecule has 1 aliphatic rings. The molecule has 1 fully saturated rings. The van der Waals surface area contributed by atoms with Crippen LogP contribution in [0.1, 0.15) is 30.0 Å². The van der Waals surface area contributed by atoms with Gasteiger partial charge in [-0.05, 0) is 24.1 Å². The number of aryl methyl sites for hydroxylation is 1. The Morgan fingerprint density at radius 2 is 2.13 bits per heavy atom. The maximum absolute atomic E-state index is 13.8. The second kappa shape index (κ2) is 6.73. The summed E-state index contributed by atoms with van der Waals surface area (Å²) in [5, 5.41) is 6.25. The van der Waals surface area contributed by atoms with Gasteiger partial charge in [-0.3, -0.25) is 9.59 Å². The van der Waals surface area contributed by atoms with Gasteiger partial charge < -0.3 is 4.90 Å². The zero-order chi connectivity index (χ0) is 16.2. The highest BCUT2D eigenvalue weighted by Crippen LogP contribution is 2.29. The minimum Gasteiger partial charge on any atom is -0.342 e. The van der Waals surface area contributed by atoms with Crippen LogP contribution in [0, 0.1) is 5.82 Å². The first-order valence-corrected chi connectivity index (χ1v) is 7.70. The molecule has 1 amide bonds. The second-order valence-electron chi connectivity index (χ2n) is 5.76. The highest BCUT2D eigenvalue weighted by Gasteiger charge is 2.28. The predicted octanol–water partition coefficient (Wildman–Crippen LogP) is 1.86. The van der Waals surface area contributed by atoms with Crippen molar-refractivity contribution >= 4 is 5.91 Å². The standard InChI is InChI=1S/C17H18FN3O2/c18-15-4-2-1-3-14(15)12-9-10-21(11-12)17(23)8-6-13-5-7-16(22)20-19-13/h1-5,7,12H,6,8-11H2,(H,20,22). The van der Waals surface area contributed by atoms with Gasteiger partial charge in [-0.2, -0.15) is 5.10 Å². The number of benzene rings is 1. The van der Waals surface area contributed by atoms with Gasteiger partial charge in [0, 0.05) is 37.9 Å². The maximum atomic E-state index is 13.8. The third-order valence-corrected chi connectivity index (χ3v) is 4.22. The van der Waals surface area contributed by atoms with Crippen LogP contribution in [0.4, 0.5) is 4.39 Å². The van der Waals surface area contributed by atoms with E-state index in [0.29, 0.717) is 37.2 Å². The monoisotopic (exact) mass is 315 g/mol. The summed E-state index contributed by atoms with van der Waals surface area (Å²) in [4.78, 5) is 25.0. The van der Waals surface area contributed by atoms with E-state index in [1.165, 1.54) is 12.1 Å². The Morgan fingerprint density at radius 3 is 2.87 bits per heavy atom. The molecule has 1 atom stereocenters. The lowest BCUT2D eigenvalue weighted by atomic mass is 9.98. The molecular formula is C17H18FN3O2. The topological polar surface area (TPSA) is 66.1 Å². The molecule has 120 valence electrons. The fourth-order valence-corrected chi connectivity index (χ4v) is 2.95. The van der Waals surface area contributed by atoms with E-state index < -0.39 is 0 Å². The van der Waals surface area contributed by atoms with Crippen LogP contribution in [0.2, 0.25) is 0 Å². The van der Waals surface area contributed by atoms with Crippen molar-refractivity contribution in [1.82, 2.24) is 15.1 Å². The number of nitrogens with one attached hydrogen (secondary N) is 1. The number of carbonyl (C=O) groups is 1. The van der Waals surface area contributed by atoms with E-state index in [2.05, 4.69) is 10.2 Å². The Labute approximate surface area is 133 Å². The van der Waals surface area contributed by atoms with E-state index in [1.807, 2.05) is 6.07 Å². The summed E-state index contributed by atoms with van der Waals surface area (Å²) >= 11 is 0. The molecular weight excluding hydrogens is 297 g/mol. The van der Waals surface area contributed by atoms with Gasteiger partial charge in [0.2, 0.25) is 5.91 Å². The molecule has 5 nitrogen and oxygen atoms in total. The number of hydrogen-bond acceptors (Lipinski definition) is 3. The number of aromatic nitrogens is 2. The van der Waals surface area contributed by atoms with Crippen LogP contribution in [0.15, 0.2) is 41.2 Å². The molecule has 1 unspecified atom stereocenters. The summed E-state index contributed by atoms with van der Waals surface area (Å²) in [6.07, 6.45) is 1.60. The third kappa shape index (κ3) is 3.64. The van der Waals surface area contributed by atoms with Crippen molar-refractivity contribution in [3.63, 3.8) is 0 Å². The molecule has 1 aromatic heterocycles. The van der Waals surface area contributed by atoms with Gasteiger partial charge >= 0.3 is 0 Å². The van der Waals surface area contributed by atoms with Gasteiger partial charge in [0.15, 0.2) is 0 Å². The summed E-state index contributed by atoms with van der Waals surface area (Å²) in [5.74, 6) is -0.104. The Balaban J connectivity index is 1.56. The number of nitrogens with zero attached hydrogens (tertiary/aromatic N) is 2. The van der Waals surface area contributed by atoms with Gasteiger partial charge in [0.1, 0.15) is 5.82 Å². The summed E-state index contributed by atoms with van der Waals surface area (Å²) in [5.41, 5.74) is 1.11. The van der Waals surface area contributed by atoms with Crippen LogP contribution in [0.25, 0.3) is 0 Å². The summed E-state index contributed by atoms with van der Waals surface area (Å²) in [6.45, 7) is 1.20. The highest BCUT2D eigenvalue weighted by atomic mass is 19.1. The molecule has 0 bridgehead atoms. The van der Waals surface area contributed by atoms with Gasteiger partial charge in [-0.25, -0.2) is 9.49 Å². The van der Waals surface area contributed by atoms with E-state index in [9.17, 15) is 14.0 Å². The minimum atomic E-state index is -0.257. The zero-order valence-electron chi connectivity index (χ0n) is 12.7. The van der Waals surface area contributed by atoms with Gasteiger partial charge in [0.05, 0.1) is 5.69 Å². The number of likely N-dealkylation sites (tertiary alicyclic amines) is 1. The molecule has 2 aromatic rings. The molecule has 23 heavy (non-hydrogen) atoms. The van der Waals surface area contributed by atoms with E-state index in [-0.39, 0.29) is 23.2 Å². The van der Waals surface area contributed by atoms with Crippen LogP contribution in [0.5, 0.6) is 0 Å².